The van der Waals surface area contributed by atoms with Crippen LogP contribution in [0.4, 0.5) is 34.1 Å². The van der Waals surface area contributed by atoms with Crippen molar-refractivity contribution in [3.05, 3.63) is 255 Å². The zero-order chi connectivity index (χ0) is 45.0. The summed E-state index contributed by atoms with van der Waals surface area (Å²) >= 11 is 3.75. The van der Waals surface area contributed by atoms with Gasteiger partial charge in [0.1, 0.15) is 0 Å². The number of rotatable bonds is 9. The van der Waals surface area contributed by atoms with Gasteiger partial charge < -0.3 is 9.80 Å². The first kappa shape index (κ1) is 40.0. The van der Waals surface area contributed by atoms with Crippen LogP contribution in [-0.2, 0) is 0 Å². The van der Waals surface area contributed by atoms with Crippen molar-refractivity contribution in [2.24, 2.45) is 0 Å². The molecule has 0 atom stereocenters. The topological polar surface area (TPSA) is 6.48 Å². The van der Waals surface area contributed by atoms with Crippen LogP contribution in [0.2, 0.25) is 0 Å². The monoisotopic (exact) mass is 902 g/mol. The number of fused-ring (bicyclic) bond motifs is 7. The molecular formula is C64H42N2S2. The van der Waals surface area contributed by atoms with E-state index in [-0.39, 0.29) is 0 Å². The number of thiophene rings is 2. The highest BCUT2D eigenvalue weighted by Gasteiger charge is 2.24. The predicted octanol–water partition coefficient (Wildman–Crippen LogP) is 19.5. The van der Waals surface area contributed by atoms with Gasteiger partial charge in [-0.15, -0.1) is 22.7 Å². The SMILES string of the molecule is c1ccc(-c2ccc(N(c3ccccc3-c3cccc(N(c4cccc5ccccc45)c4cccc5c4sc4ccccc45)c3)c3cccc4c3sc3c(-c5ccccc5)cccc34)cc2)cc1. The second-order valence-corrected chi connectivity index (χ2v) is 19.3. The molecule has 2 nitrogen and oxygen atoms in total. The predicted molar refractivity (Wildman–Crippen MR) is 295 cm³/mol. The van der Waals surface area contributed by atoms with Crippen molar-refractivity contribution in [1.29, 1.82) is 0 Å². The second-order valence-electron chi connectivity index (χ2n) is 17.2. The zero-order valence-corrected chi connectivity index (χ0v) is 38.6. The molecule has 13 rings (SSSR count). The Morgan fingerprint density at radius 1 is 0.250 bits per heavy atom. The van der Waals surface area contributed by atoms with Gasteiger partial charge in [-0.3, -0.25) is 0 Å². The maximum Gasteiger partial charge on any atom is 0.0640 e. The Morgan fingerprint density at radius 3 is 1.53 bits per heavy atom. The minimum atomic E-state index is 1.09. The summed E-state index contributed by atoms with van der Waals surface area (Å²) in [4.78, 5) is 4.96. The molecule has 2 heterocycles. The Hall–Kier alpha value is -8.28. The number of anilines is 6. The molecule has 0 aliphatic heterocycles. The number of benzene rings is 11. The van der Waals surface area contributed by atoms with Crippen molar-refractivity contribution >= 4 is 108 Å². The van der Waals surface area contributed by atoms with Gasteiger partial charge in [0, 0.05) is 53.3 Å². The van der Waals surface area contributed by atoms with Crippen LogP contribution in [0.15, 0.2) is 255 Å². The summed E-state index contributed by atoms with van der Waals surface area (Å²) in [7, 11) is 0. The third-order valence-corrected chi connectivity index (χ3v) is 15.7. The van der Waals surface area contributed by atoms with Gasteiger partial charge in [0.15, 0.2) is 0 Å². The lowest BCUT2D eigenvalue weighted by atomic mass is 9.99. The Labute approximate surface area is 403 Å². The van der Waals surface area contributed by atoms with E-state index in [1.54, 1.807) is 0 Å². The third-order valence-electron chi connectivity index (χ3n) is 13.3. The highest BCUT2D eigenvalue weighted by molar-refractivity contribution is 7.27. The van der Waals surface area contributed by atoms with Gasteiger partial charge in [0.25, 0.3) is 0 Å². The summed E-state index contributed by atoms with van der Waals surface area (Å²) < 4.78 is 5.10. The van der Waals surface area contributed by atoms with Gasteiger partial charge in [-0.25, -0.2) is 0 Å². The van der Waals surface area contributed by atoms with Crippen molar-refractivity contribution < 1.29 is 0 Å². The molecule has 320 valence electrons. The fourth-order valence-electron chi connectivity index (χ4n) is 10.1. The van der Waals surface area contributed by atoms with Gasteiger partial charge in [-0.05, 0) is 87.8 Å². The van der Waals surface area contributed by atoms with Crippen LogP contribution >= 0.6 is 22.7 Å². The average molecular weight is 903 g/mol. The fourth-order valence-corrected chi connectivity index (χ4v) is 12.7. The average Bonchev–Trinajstić information content (AvgIpc) is 4.00. The molecule has 0 fully saturated rings. The van der Waals surface area contributed by atoms with Gasteiger partial charge >= 0.3 is 0 Å². The van der Waals surface area contributed by atoms with Crippen LogP contribution in [-0.4, -0.2) is 0 Å². The van der Waals surface area contributed by atoms with Gasteiger partial charge in [0.05, 0.1) is 32.1 Å². The molecule has 0 bridgehead atoms. The van der Waals surface area contributed by atoms with Crippen LogP contribution in [0.3, 0.4) is 0 Å². The molecule has 0 aliphatic carbocycles. The van der Waals surface area contributed by atoms with Crippen molar-refractivity contribution in [2.75, 3.05) is 9.80 Å². The largest absolute Gasteiger partial charge is 0.308 e. The molecule has 0 radical (unpaired) electrons. The van der Waals surface area contributed by atoms with Crippen molar-refractivity contribution in [2.45, 2.75) is 0 Å². The maximum absolute atomic E-state index is 2.48. The smallest absolute Gasteiger partial charge is 0.0640 e. The van der Waals surface area contributed by atoms with Gasteiger partial charge in [0.2, 0.25) is 0 Å². The van der Waals surface area contributed by atoms with E-state index >= 15 is 0 Å². The molecule has 0 N–H and O–H groups in total. The van der Waals surface area contributed by atoms with E-state index in [0.717, 1.165) is 45.3 Å². The lowest BCUT2D eigenvalue weighted by molar-refractivity contribution is 1.29. The van der Waals surface area contributed by atoms with E-state index in [4.69, 9.17) is 0 Å². The van der Waals surface area contributed by atoms with E-state index in [1.165, 1.54) is 73.4 Å². The van der Waals surface area contributed by atoms with Crippen LogP contribution in [0.1, 0.15) is 0 Å². The first-order chi connectivity index (χ1) is 33.7. The summed E-state index contributed by atoms with van der Waals surface area (Å²) in [5.74, 6) is 0. The Balaban J connectivity index is 1.02. The molecule has 0 saturated heterocycles. The molecule has 0 spiro atoms. The minimum absolute atomic E-state index is 1.09. The van der Waals surface area contributed by atoms with E-state index < -0.39 is 0 Å². The molecule has 11 aromatic carbocycles. The lowest BCUT2D eigenvalue weighted by Crippen LogP contribution is -2.12. The Morgan fingerprint density at radius 2 is 0.735 bits per heavy atom. The zero-order valence-electron chi connectivity index (χ0n) is 37.0. The molecule has 0 amide bonds. The van der Waals surface area contributed by atoms with E-state index in [0.29, 0.717) is 0 Å². The van der Waals surface area contributed by atoms with Crippen LogP contribution in [0, 0.1) is 0 Å². The highest BCUT2D eigenvalue weighted by Crippen LogP contribution is 2.51. The first-order valence-corrected chi connectivity index (χ1v) is 24.7. The second kappa shape index (κ2) is 16.9. The van der Waals surface area contributed by atoms with Gasteiger partial charge in [-0.2, -0.15) is 0 Å². The van der Waals surface area contributed by atoms with Gasteiger partial charge in [-0.1, -0.05) is 200 Å². The van der Waals surface area contributed by atoms with Crippen LogP contribution in [0.25, 0.3) is 84.5 Å². The standard InChI is InChI=1S/C64H42N2S2/c1-3-18-43(19-4-1)44-38-40-48(41-39-44)65(60-36-17-32-56-55-30-15-29-52(62(55)68-64(56)60)46-20-5-2-6-21-46)57-33-11-9-27-51(57)47-24-13-25-49(42-47)66(58-34-14-23-45-22-7-8-26-50(45)58)59-35-16-31-54-53-28-10-12-37-61(53)67-63(54)59/h1-42H. The summed E-state index contributed by atoms with van der Waals surface area (Å²) in [5, 5.41) is 7.51. The molecule has 0 saturated carbocycles. The summed E-state index contributed by atoms with van der Waals surface area (Å²) in [6.07, 6.45) is 0. The van der Waals surface area contributed by atoms with E-state index in [9.17, 15) is 0 Å². The summed E-state index contributed by atoms with van der Waals surface area (Å²) in [6, 6.07) is 93.1. The van der Waals surface area contributed by atoms with E-state index in [1.807, 2.05) is 22.7 Å². The van der Waals surface area contributed by atoms with Crippen LogP contribution < -0.4 is 9.80 Å². The molecule has 4 heteroatoms. The normalized spacial score (nSPS) is 11.5. The molecule has 13 aromatic rings. The number of para-hydroxylation sites is 1. The maximum atomic E-state index is 2.48. The number of hydrogen-bond donors (Lipinski definition) is 0. The van der Waals surface area contributed by atoms with Crippen molar-refractivity contribution in [3.63, 3.8) is 0 Å². The van der Waals surface area contributed by atoms with Crippen molar-refractivity contribution in [3.8, 4) is 33.4 Å². The Bertz CT molecular complexity index is 3980. The summed E-state index contributed by atoms with van der Waals surface area (Å²) in [6.45, 7) is 0. The highest BCUT2D eigenvalue weighted by atomic mass is 32.1. The Kier molecular flexibility index (Phi) is 9.93. The van der Waals surface area contributed by atoms with Crippen LogP contribution in [0.5, 0.6) is 0 Å². The van der Waals surface area contributed by atoms with E-state index in [2.05, 4.69) is 265 Å². The molecule has 68 heavy (non-hydrogen) atoms. The molecular weight excluding hydrogens is 861 g/mol. The fraction of sp³-hybridized carbons (Fsp3) is 0. The number of nitrogens with zero attached hydrogens (tertiary/aromatic N) is 2. The van der Waals surface area contributed by atoms with Crippen molar-refractivity contribution in [1.82, 2.24) is 0 Å². The molecule has 0 unspecified atom stereocenters. The third kappa shape index (κ3) is 6.84. The molecule has 2 aromatic heterocycles. The number of hydrogen-bond acceptors (Lipinski definition) is 4. The first-order valence-electron chi connectivity index (χ1n) is 23.1. The minimum Gasteiger partial charge on any atom is -0.308 e. The summed E-state index contributed by atoms with van der Waals surface area (Å²) in [5.41, 5.74) is 13.9. The quantitative estimate of drug-likeness (QED) is 0.142. The molecule has 0 aliphatic rings. The lowest BCUT2D eigenvalue weighted by Gasteiger charge is -2.30.